The van der Waals surface area contributed by atoms with Crippen molar-refractivity contribution in [3.8, 4) is 0 Å². The first-order chi connectivity index (χ1) is 15.2. The maximum absolute atomic E-state index is 12.5. The SMILES string of the molecule is CCn1nc(C)c(CCN(C)c2ncc(NC(=O)c3cccc(Cl)c3)cc2C(=O)O)c1C. The van der Waals surface area contributed by atoms with Gasteiger partial charge in [-0.3, -0.25) is 9.48 Å². The van der Waals surface area contributed by atoms with Gasteiger partial charge in [0.2, 0.25) is 0 Å². The molecular weight excluding hydrogens is 430 g/mol. The van der Waals surface area contributed by atoms with Gasteiger partial charge in [-0.05, 0) is 57.0 Å². The van der Waals surface area contributed by atoms with E-state index in [2.05, 4.69) is 15.4 Å². The second-order valence-electron chi connectivity index (χ2n) is 7.50. The fourth-order valence-electron chi connectivity index (χ4n) is 3.61. The van der Waals surface area contributed by atoms with Crippen molar-refractivity contribution >= 4 is 35.0 Å². The predicted molar refractivity (Wildman–Crippen MR) is 125 cm³/mol. The molecular formula is C23H26ClN5O3. The van der Waals surface area contributed by atoms with Gasteiger partial charge in [-0.1, -0.05) is 17.7 Å². The average Bonchev–Trinajstić information content (AvgIpc) is 3.04. The van der Waals surface area contributed by atoms with Gasteiger partial charge in [0, 0.05) is 36.4 Å². The monoisotopic (exact) mass is 455 g/mol. The molecule has 0 saturated carbocycles. The molecule has 0 bridgehead atoms. The van der Waals surface area contributed by atoms with E-state index in [1.165, 1.54) is 18.3 Å². The van der Waals surface area contributed by atoms with E-state index in [0.29, 0.717) is 35.1 Å². The van der Waals surface area contributed by atoms with Crippen molar-refractivity contribution in [1.29, 1.82) is 0 Å². The Morgan fingerprint density at radius 3 is 2.62 bits per heavy atom. The fourth-order valence-corrected chi connectivity index (χ4v) is 3.80. The third-order valence-electron chi connectivity index (χ3n) is 5.33. The van der Waals surface area contributed by atoms with E-state index in [9.17, 15) is 14.7 Å². The Morgan fingerprint density at radius 2 is 2.00 bits per heavy atom. The summed E-state index contributed by atoms with van der Waals surface area (Å²) in [5.41, 5.74) is 3.91. The number of carboxylic acids is 1. The van der Waals surface area contributed by atoms with Crippen LogP contribution in [0.15, 0.2) is 36.5 Å². The summed E-state index contributed by atoms with van der Waals surface area (Å²) in [4.78, 5) is 30.5. The number of hydrogen-bond donors (Lipinski definition) is 2. The topological polar surface area (TPSA) is 100 Å². The van der Waals surface area contributed by atoms with Crippen molar-refractivity contribution < 1.29 is 14.7 Å². The Hall–Kier alpha value is -3.39. The Labute approximate surface area is 191 Å². The zero-order valence-electron chi connectivity index (χ0n) is 18.5. The molecule has 3 rings (SSSR count). The van der Waals surface area contributed by atoms with Gasteiger partial charge in [-0.15, -0.1) is 0 Å². The molecule has 32 heavy (non-hydrogen) atoms. The molecule has 2 aromatic heterocycles. The largest absolute Gasteiger partial charge is 0.478 e. The number of aromatic nitrogens is 3. The zero-order valence-corrected chi connectivity index (χ0v) is 19.3. The van der Waals surface area contributed by atoms with Gasteiger partial charge >= 0.3 is 5.97 Å². The number of carboxylic acid groups (broad SMARTS) is 1. The zero-order chi connectivity index (χ0) is 23.4. The third kappa shape index (κ3) is 5.08. The summed E-state index contributed by atoms with van der Waals surface area (Å²) in [7, 11) is 1.80. The van der Waals surface area contributed by atoms with Crippen LogP contribution in [0.25, 0.3) is 0 Å². The van der Waals surface area contributed by atoms with Gasteiger partial charge in [-0.25, -0.2) is 9.78 Å². The number of anilines is 2. The minimum absolute atomic E-state index is 0.00842. The summed E-state index contributed by atoms with van der Waals surface area (Å²) in [6.45, 7) is 7.43. The molecule has 3 aromatic rings. The van der Waals surface area contributed by atoms with Crippen molar-refractivity contribution in [2.24, 2.45) is 0 Å². The van der Waals surface area contributed by atoms with E-state index >= 15 is 0 Å². The Bertz CT molecular complexity index is 1160. The smallest absolute Gasteiger partial charge is 0.339 e. The molecule has 9 heteroatoms. The summed E-state index contributed by atoms with van der Waals surface area (Å²) >= 11 is 5.94. The number of carbonyl (C=O) groups excluding carboxylic acids is 1. The number of aromatic carboxylic acids is 1. The van der Waals surface area contributed by atoms with Crippen LogP contribution in [-0.2, 0) is 13.0 Å². The van der Waals surface area contributed by atoms with E-state index in [1.54, 1.807) is 30.1 Å². The molecule has 0 radical (unpaired) electrons. The number of benzene rings is 1. The molecule has 168 valence electrons. The van der Waals surface area contributed by atoms with Gasteiger partial charge in [-0.2, -0.15) is 5.10 Å². The van der Waals surface area contributed by atoms with Crippen LogP contribution in [0.2, 0.25) is 5.02 Å². The van der Waals surface area contributed by atoms with Gasteiger partial charge < -0.3 is 15.3 Å². The summed E-state index contributed by atoms with van der Waals surface area (Å²) in [5.74, 6) is -1.19. The molecule has 2 heterocycles. The molecule has 0 aliphatic carbocycles. The number of amides is 1. The minimum atomic E-state index is -1.12. The van der Waals surface area contributed by atoms with Crippen LogP contribution in [0.3, 0.4) is 0 Å². The highest BCUT2D eigenvalue weighted by Gasteiger charge is 2.19. The van der Waals surface area contributed by atoms with Crippen LogP contribution < -0.4 is 10.2 Å². The van der Waals surface area contributed by atoms with Crippen LogP contribution >= 0.6 is 11.6 Å². The molecule has 0 atom stereocenters. The van der Waals surface area contributed by atoms with Gasteiger partial charge in [0.15, 0.2) is 0 Å². The van der Waals surface area contributed by atoms with Crippen LogP contribution in [0.5, 0.6) is 0 Å². The van der Waals surface area contributed by atoms with Crippen LogP contribution in [0, 0.1) is 13.8 Å². The summed E-state index contributed by atoms with van der Waals surface area (Å²) in [6, 6.07) is 7.91. The number of nitrogens with zero attached hydrogens (tertiary/aromatic N) is 4. The minimum Gasteiger partial charge on any atom is -0.478 e. The number of carbonyl (C=O) groups is 2. The first-order valence-corrected chi connectivity index (χ1v) is 10.6. The highest BCUT2D eigenvalue weighted by Crippen LogP contribution is 2.23. The number of hydrogen-bond acceptors (Lipinski definition) is 5. The Kier molecular flexibility index (Phi) is 7.15. The van der Waals surface area contributed by atoms with E-state index < -0.39 is 11.9 Å². The Balaban J connectivity index is 1.77. The molecule has 8 nitrogen and oxygen atoms in total. The molecule has 0 spiro atoms. The molecule has 0 fully saturated rings. The lowest BCUT2D eigenvalue weighted by Gasteiger charge is -2.20. The summed E-state index contributed by atoms with van der Waals surface area (Å²) in [5, 5.41) is 17.4. The van der Waals surface area contributed by atoms with Crippen molar-refractivity contribution in [3.63, 3.8) is 0 Å². The van der Waals surface area contributed by atoms with Crippen molar-refractivity contribution in [2.45, 2.75) is 33.7 Å². The lowest BCUT2D eigenvalue weighted by atomic mass is 10.1. The normalized spacial score (nSPS) is 10.8. The van der Waals surface area contributed by atoms with Gasteiger partial charge in [0.1, 0.15) is 11.4 Å². The van der Waals surface area contributed by atoms with Crippen molar-refractivity contribution in [2.75, 3.05) is 23.8 Å². The molecule has 0 unspecified atom stereocenters. The van der Waals surface area contributed by atoms with Gasteiger partial charge in [0.25, 0.3) is 5.91 Å². The molecule has 0 aliphatic rings. The van der Waals surface area contributed by atoms with E-state index in [4.69, 9.17) is 11.6 Å². The quantitative estimate of drug-likeness (QED) is 0.528. The summed E-state index contributed by atoms with van der Waals surface area (Å²) in [6.07, 6.45) is 2.16. The van der Waals surface area contributed by atoms with Crippen LogP contribution in [-0.4, -0.2) is 45.3 Å². The molecule has 0 aliphatic heterocycles. The van der Waals surface area contributed by atoms with E-state index in [0.717, 1.165) is 23.5 Å². The van der Waals surface area contributed by atoms with Crippen molar-refractivity contribution in [3.05, 3.63) is 69.6 Å². The molecule has 1 amide bonds. The van der Waals surface area contributed by atoms with Crippen LogP contribution in [0.4, 0.5) is 11.5 Å². The second-order valence-corrected chi connectivity index (χ2v) is 7.94. The van der Waals surface area contributed by atoms with E-state index in [-0.39, 0.29) is 5.56 Å². The highest BCUT2D eigenvalue weighted by molar-refractivity contribution is 6.31. The maximum atomic E-state index is 12.5. The van der Waals surface area contributed by atoms with Gasteiger partial charge in [0.05, 0.1) is 17.6 Å². The first kappa shape index (κ1) is 23.3. The highest BCUT2D eigenvalue weighted by atomic mass is 35.5. The second kappa shape index (κ2) is 9.82. The van der Waals surface area contributed by atoms with Crippen LogP contribution in [0.1, 0.15) is 44.6 Å². The Morgan fingerprint density at radius 1 is 1.25 bits per heavy atom. The number of nitrogens with one attached hydrogen (secondary N) is 1. The maximum Gasteiger partial charge on any atom is 0.339 e. The number of likely N-dealkylation sites (N-methyl/N-ethyl adjacent to an activating group) is 1. The number of aryl methyl sites for hydroxylation is 2. The lowest BCUT2D eigenvalue weighted by Crippen LogP contribution is -2.24. The molecule has 0 saturated heterocycles. The number of halogens is 1. The average molecular weight is 456 g/mol. The van der Waals surface area contributed by atoms with Crippen molar-refractivity contribution in [1.82, 2.24) is 14.8 Å². The standard InChI is InChI=1S/C23H26ClN5O3/c1-5-29-15(3)19(14(2)27-29)9-10-28(4)21-20(23(31)32)12-18(13-25-21)26-22(30)16-7-6-8-17(24)11-16/h6-8,11-13H,5,9-10H2,1-4H3,(H,26,30)(H,31,32). The molecule has 1 aromatic carbocycles. The number of rotatable bonds is 8. The molecule has 2 N–H and O–H groups in total. The first-order valence-electron chi connectivity index (χ1n) is 10.3. The number of pyridine rings is 1. The van der Waals surface area contributed by atoms with E-state index in [1.807, 2.05) is 25.5 Å². The third-order valence-corrected chi connectivity index (χ3v) is 5.57. The fraction of sp³-hybridized carbons (Fsp3) is 0.304. The lowest BCUT2D eigenvalue weighted by molar-refractivity contribution is 0.0697. The summed E-state index contributed by atoms with van der Waals surface area (Å²) < 4.78 is 1.96. The predicted octanol–water partition coefficient (Wildman–Crippen LogP) is 4.20.